The van der Waals surface area contributed by atoms with Gasteiger partial charge in [0.2, 0.25) is 5.91 Å². The number of amides is 2. The van der Waals surface area contributed by atoms with E-state index in [4.69, 9.17) is 4.74 Å². The highest BCUT2D eigenvalue weighted by molar-refractivity contribution is 7.11. The van der Waals surface area contributed by atoms with Gasteiger partial charge in [-0.15, -0.1) is 11.3 Å². The van der Waals surface area contributed by atoms with Crippen LogP contribution in [0, 0.1) is 5.41 Å². The minimum atomic E-state index is -0.517. The maximum atomic E-state index is 13.2. The molecule has 2 aliphatic heterocycles. The summed E-state index contributed by atoms with van der Waals surface area (Å²) in [6.45, 7) is 2.09. The van der Waals surface area contributed by atoms with Gasteiger partial charge >= 0.3 is 0 Å². The predicted octanol–water partition coefficient (Wildman–Crippen LogP) is 3.29. The van der Waals surface area contributed by atoms with Crippen LogP contribution in [0.1, 0.15) is 47.3 Å². The molecule has 3 heterocycles. The lowest BCUT2D eigenvalue weighted by Crippen LogP contribution is -2.53. The Bertz CT molecular complexity index is 855. The molecule has 2 amide bonds. The molecule has 1 aromatic heterocycles. The van der Waals surface area contributed by atoms with Crippen molar-refractivity contribution in [2.45, 2.75) is 38.5 Å². The van der Waals surface area contributed by atoms with Crippen molar-refractivity contribution in [3.05, 3.63) is 46.4 Å². The molecule has 0 saturated carbocycles. The summed E-state index contributed by atoms with van der Waals surface area (Å²) in [5.41, 5.74) is 2.38. The number of hydrogen-bond donors (Lipinski definition) is 1. The number of carbonyl (C=O) groups excluding carboxylic acids is 2. The van der Waals surface area contributed by atoms with Crippen LogP contribution in [0.3, 0.4) is 0 Å². The van der Waals surface area contributed by atoms with Crippen LogP contribution in [0.15, 0.2) is 36.0 Å². The number of piperidine rings is 1. The zero-order valence-electron chi connectivity index (χ0n) is 16.6. The Morgan fingerprint density at radius 1 is 1.21 bits per heavy atom. The van der Waals surface area contributed by atoms with E-state index in [-0.39, 0.29) is 11.8 Å². The SMILES string of the molecule is O=C(c1cncs1)N1CCCC2(CCCCc3ccccc3OCCNC2=O)C1. The number of aryl methyl sites for hydroxylation is 1. The molecule has 29 heavy (non-hydrogen) atoms. The lowest BCUT2D eigenvalue weighted by molar-refractivity contribution is -0.134. The van der Waals surface area contributed by atoms with Gasteiger partial charge in [-0.25, -0.2) is 0 Å². The van der Waals surface area contributed by atoms with Crippen molar-refractivity contribution in [2.75, 3.05) is 26.2 Å². The Balaban J connectivity index is 1.49. The lowest BCUT2D eigenvalue weighted by atomic mass is 9.74. The maximum Gasteiger partial charge on any atom is 0.265 e. The third kappa shape index (κ3) is 4.45. The molecule has 1 N–H and O–H groups in total. The molecule has 1 saturated heterocycles. The molecular weight excluding hydrogens is 386 g/mol. The molecule has 0 radical (unpaired) electrons. The van der Waals surface area contributed by atoms with Gasteiger partial charge in [-0.2, -0.15) is 0 Å². The molecule has 7 heteroatoms. The van der Waals surface area contributed by atoms with Gasteiger partial charge in [0.1, 0.15) is 17.2 Å². The standard InChI is InChI=1S/C22H27N3O3S/c26-20(19-14-23-16-29-19)25-12-5-10-22(15-25)9-4-3-7-17-6-1-2-8-18(17)28-13-11-24-21(22)27/h1-2,6,8,14,16H,3-5,7,9-13,15H2,(H,24,27). The second kappa shape index (κ2) is 8.95. The van der Waals surface area contributed by atoms with Crippen molar-refractivity contribution in [1.29, 1.82) is 0 Å². The molecule has 1 fully saturated rings. The number of likely N-dealkylation sites (tertiary alicyclic amines) is 1. The van der Waals surface area contributed by atoms with Crippen LogP contribution in [0.25, 0.3) is 0 Å². The van der Waals surface area contributed by atoms with E-state index in [0.717, 1.165) is 44.3 Å². The van der Waals surface area contributed by atoms with E-state index in [9.17, 15) is 9.59 Å². The Labute approximate surface area is 175 Å². The second-order valence-electron chi connectivity index (χ2n) is 7.90. The number of nitrogens with zero attached hydrogens (tertiary/aromatic N) is 2. The van der Waals surface area contributed by atoms with Gasteiger partial charge in [-0.05, 0) is 43.7 Å². The zero-order chi connectivity index (χ0) is 20.1. The minimum Gasteiger partial charge on any atom is -0.491 e. The van der Waals surface area contributed by atoms with Gasteiger partial charge in [0.25, 0.3) is 5.91 Å². The van der Waals surface area contributed by atoms with Crippen molar-refractivity contribution in [3.8, 4) is 5.75 Å². The highest BCUT2D eigenvalue weighted by Gasteiger charge is 2.43. The molecule has 2 aromatic rings. The molecule has 154 valence electrons. The van der Waals surface area contributed by atoms with Crippen molar-refractivity contribution in [3.63, 3.8) is 0 Å². The van der Waals surface area contributed by atoms with E-state index in [1.165, 1.54) is 16.9 Å². The van der Waals surface area contributed by atoms with E-state index < -0.39 is 5.41 Å². The summed E-state index contributed by atoms with van der Waals surface area (Å²) < 4.78 is 5.91. The molecule has 1 spiro atoms. The average Bonchev–Trinajstić information content (AvgIpc) is 3.29. The van der Waals surface area contributed by atoms with E-state index in [0.29, 0.717) is 31.1 Å². The fourth-order valence-corrected chi connectivity index (χ4v) is 5.02. The highest BCUT2D eigenvalue weighted by atomic mass is 32.1. The van der Waals surface area contributed by atoms with E-state index >= 15 is 0 Å². The monoisotopic (exact) mass is 413 g/mol. The first-order valence-corrected chi connectivity index (χ1v) is 11.2. The number of thiazole rings is 1. The number of carbonyl (C=O) groups is 2. The Morgan fingerprint density at radius 2 is 2.07 bits per heavy atom. The number of hydrogen-bond acceptors (Lipinski definition) is 5. The number of aromatic nitrogens is 1. The quantitative estimate of drug-likeness (QED) is 0.779. The predicted molar refractivity (Wildman–Crippen MR) is 112 cm³/mol. The van der Waals surface area contributed by atoms with E-state index in [1.807, 2.05) is 23.1 Å². The summed E-state index contributed by atoms with van der Waals surface area (Å²) in [5, 5.41) is 3.07. The first-order chi connectivity index (χ1) is 14.2. The normalized spacial score (nSPS) is 23.3. The van der Waals surface area contributed by atoms with Gasteiger partial charge in [0.05, 0.1) is 23.7 Å². The van der Waals surface area contributed by atoms with Crippen molar-refractivity contribution in [2.24, 2.45) is 5.41 Å². The number of fused-ring (bicyclic) bond motifs is 1. The third-order valence-electron chi connectivity index (χ3n) is 5.96. The second-order valence-corrected chi connectivity index (χ2v) is 8.78. The summed E-state index contributed by atoms with van der Waals surface area (Å²) in [6, 6.07) is 8.14. The van der Waals surface area contributed by atoms with Crippen LogP contribution in [0.4, 0.5) is 0 Å². The van der Waals surface area contributed by atoms with Crippen LogP contribution < -0.4 is 10.1 Å². The van der Waals surface area contributed by atoms with Gasteiger partial charge in [0.15, 0.2) is 0 Å². The molecule has 1 unspecified atom stereocenters. The van der Waals surface area contributed by atoms with Crippen molar-refractivity contribution >= 4 is 23.2 Å². The summed E-state index contributed by atoms with van der Waals surface area (Å²) in [6.07, 6.45) is 6.97. The Morgan fingerprint density at radius 3 is 2.93 bits per heavy atom. The Kier molecular flexibility index (Phi) is 6.13. The molecule has 0 aliphatic carbocycles. The number of rotatable bonds is 1. The zero-order valence-corrected chi connectivity index (χ0v) is 17.4. The molecule has 2 aliphatic rings. The van der Waals surface area contributed by atoms with Crippen molar-refractivity contribution in [1.82, 2.24) is 15.2 Å². The summed E-state index contributed by atoms with van der Waals surface area (Å²) in [4.78, 5) is 32.5. The fraction of sp³-hybridized carbons (Fsp3) is 0.500. The molecule has 6 nitrogen and oxygen atoms in total. The van der Waals surface area contributed by atoms with Crippen LogP contribution in [0.2, 0.25) is 0 Å². The fourth-order valence-electron chi connectivity index (χ4n) is 4.43. The minimum absolute atomic E-state index is 0.0113. The number of nitrogens with one attached hydrogen (secondary N) is 1. The topological polar surface area (TPSA) is 71.5 Å². The Hall–Kier alpha value is -2.41. The lowest BCUT2D eigenvalue weighted by Gasteiger charge is -2.42. The van der Waals surface area contributed by atoms with Crippen molar-refractivity contribution < 1.29 is 14.3 Å². The maximum absolute atomic E-state index is 13.2. The molecule has 1 atom stereocenters. The first-order valence-electron chi connectivity index (χ1n) is 10.3. The molecule has 4 rings (SSSR count). The summed E-state index contributed by atoms with van der Waals surface area (Å²) in [7, 11) is 0. The third-order valence-corrected chi connectivity index (χ3v) is 6.72. The van der Waals surface area contributed by atoms with Gasteiger partial charge in [-0.1, -0.05) is 24.6 Å². The molecule has 1 aromatic carbocycles. The molecule has 0 bridgehead atoms. The smallest absolute Gasteiger partial charge is 0.265 e. The van der Waals surface area contributed by atoms with E-state index in [2.05, 4.69) is 16.4 Å². The van der Waals surface area contributed by atoms with Gasteiger partial charge in [-0.3, -0.25) is 14.6 Å². The van der Waals surface area contributed by atoms with Crippen LogP contribution in [-0.2, 0) is 11.2 Å². The van der Waals surface area contributed by atoms with Crippen LogP contribution in [-0.4, -0.2) is 47.9 Å². The summed E-state index contributed by atoms with van der Waals surface area (Å²) >= 11 is 1.35. The van der Waals surface area contributed by atoms with Gasteiger partial charge < -0.3 is 15.0 Å². The number of benzene rings is 1. The summed E-state index contributed by atoms with van der Waals surface area (Å²) in [5.74, 6) is 0.954. The highest BCUT2D eigenvalue weighted by Crippen LogP contribution is 2.37. The van der Waals surface area contributed by atoms with Gasteiger partial charge in [0, 0.05) is 13.1 Å². The molecular formula is C22H27N3O3S. The number of para-hydroxylation sites is 1. The van der Waals surface area contributed by atoms with E-state index in [1.54, 1.807) is 11.7 Å². The largest absolute Gasteiger partial charge is 0.491 e. The average molecular weight is 414 g/mol. The van der Waals surface area contributed by atoms with Crippen LogP contribution in [0.5, 0.6) is 5.75 Å². The van der Waals surface area contributed by atoms with Crippen LogP contribution >= 0.6 is 11.3 Å². The first kappa shape index (κ1) is 19.9. The number of ether oxygens (including phenoxy) is 1.